The summed E-state index contributed by atoms with van der Waals surface area (Å²) in [6.07, 6.45) is 0. The van der Waals surface area contributed by atoms with E-state index < -0.39 is 10.2 Å². The molecule has 90 valence electrons. The zero-order chi connectivity index (χ0) is 11.3. The summed E-state index contributed by atoms with van der Waals surface area (Å²) in [5, 5.41) is 3.11. The number of ether oxygens (including phenoxy) is 1. The summed E-state index contributed by atoms with van der Waals surface area (Å²) in [6, 6.07) is -0.199. The normalized spacial score (nSPS) is 21.5. The number of nitrogens with zero attached hydrogens (tertiary/aromatic N) is 1. The maximum Gasteiger partial charge on any atom is 0.279 e. The Hall–Kier alpha value is -0.210. The number of nitrogens with one attached hydrogen (secondary N) is 2. The van der Waals surface area contributed by atoms with Crippen LogP contribution in [0, 0.1) is 0 Å². The predicted molar refractivity (Wildman–Crippen MR) is 57.8 cm³/mol. The van der Waals surface area contributed by atoms with E-state index in [1.807, 2.05) is 0 Å². The third-order valence-electron chi connectivity index (χ3n) is 2.18. The Bertz CT molecular complexity index is 275. The molecule has 15 heavy (non-hydrogen) atoms. The molecule has 0 spiro atoms. The van der Waals surface area contributed by atoms with E-state index in [9.17, 15) is 8.42 Å². The van der Waals surface area contributed by atoms with E-state index in [0.717, 1.165) is 0 Å². The van der Waals surface area contributed by atoms with Crippen molar-refractivity contribution in [1.82, 2.24) is 14.3 Å². The van der Waals surface area contributed by atoms with Gasteiger partial charge in [-0.3, -0.25) is 0 Å². The molecule has 2 N–H and O–H groups in total. The molecule has 0 saturated carbocycles. The highest BCUT2D eigenvalue weighted by atomic mass is 32.2. The van der Waals surface area contributed by atoms with Crippen LogP contribution in [-0.2, 0) is 14.9 Å². The maximum absolute atomic E-state index is 11.8. The molecule has 1 heterocycles. The van der Waals surface area contributed by atoms with E-state index in [2.05, 4.69) is 10.0 Å². The average molecular weight is 237 g/mol. The molecule has 0 aromatic carbocycles. The molecule has 1 saturated heterocycles. The molecule has 0 aliphatic carbocycles. The smallest absolute Gasteiger partial charge is 0.279 e. The molecule has 1 rings (SSSR count). The first-order valence-corrected chi connectivity index (χ1v) is 6.47. The Morgan fingerprint density at radius 3 is 2.60 bits per heavy atom. The van der Waals surface area contributed by atoms with Crippen LogP contribution in [0.25, 0.3) is 0 Å². The van der Waals surface area contributed by atoms with Gasteiger partial charge in [0.15, 0.2) is 0 Å². The molecule has 1 unspecified atom stereocenters. The molecule has 0 aromatic heterocycles. The van der Waals surface area contributed by atoms with Gasteiger partial charge in [0.1, 0.15) is 0 Å². The van der Waals surface area contributed by atoms with Crippen molar-refractivity contribution in [2.75, 3.05) is 39.9 Å². The average Bonchev–Trinajstić information content (AvgIpc) is 2.18. The van der Waals surface area contributed by atoms with Gasteiger partial charge in [0, 0.05) is 39.3 Å². The first-order valence-electron chi connectivity index (χ1n) is 5.03. The van der Waals surface area contributed by atoms with Crippen molar-refractivity contribution in [2.24, 2.45) is 0 Å². The van der Waals surface area contributed by atoms with E-state index in [1.54, 1.807) is 14.0 Å². The molecule has 6 nitrogen and oxygen atoms in total. The van der Waals surface area contributed by atoms with Gasteiger partial charge in [-0.25, -0.2) is 0 Å². The van der Waals surface area contributed by atoms with Gasteiger partial charge in [-0.05, 0) is 6.92 Å². The summed E-state index contributed by atoms with van der Waals surface area (Å²) < 4.78 is 32.5. The van der Waals surface area contributed by atoms with Crippen LogP contribution in [0.3, 0.4) is 0 Å². The summed E-state index contributed by atoms with van der Waals surface area (Å²) in [5.74, 6) is 0. The summed E-state index contributed by atoms with van der Waals surface area (Å²) >= 11 is 0. The van der Waals surface area contributed by atoms with E-state index in [-0.39, 0.29) is 6.04 Å². The standard InChI is InChI=1S/C8H19N3O3S/c1-8(7-14-2)10-15(12,13)11-5-3-9-4-6-11/h8-10H,3-7H2,1-2H3. The Morgan fingerprint density at radius 1 is 1.47 bits per heavy atom. The lowest BCUT2D eigenvalue weighted by Gasteiger charge is -2.28. The zero-order valence-electron chi connectivity index (χ0n) is 9.19. The number of hydrogen-bond acceptors (Lipinski definition) is 4. The van der Waals surface area contributed by atoms with Gasteiger partial charge in [-0.1, -0.05) is 0 Å². The number of piperazine rings is 1. The van der Waals surface area contributed by atoms with Crippen LogP contribution < -0.4 is 10.0 Å². The minimum atomic E-state index is -3.34. The molecule has 0 radical (unpaired) electrons. The molecular formula is C8H19N3O3S. The van der Waals surface area contributed by atoms with E-state index in [0.29, 0.717) is 32.8 Å². The molecule has 7 heteroatoms. The number of hydrogen-bond donors (Lipinski definition) is 2. The first-order chi connectivity index (χ1) is 7.06. The lowest BCUT2D eigenvalue weighted by atomic mass is 10.4. The van der Waals surface area contributed by atoms with Crippen molar-refractivity contribution in [1.29, 1.82) is 0 Å². The highest BCUT2D eigenvalue weighted by Gasteiger charge is 2.24. The Labute approximate surface area is 91.2 Å². The van der Waals surface area contributed by atoms with Crippen molar-refractivity contribution in [3.05, 3.63) is 0 Å². The van der Waals surface area contributed by atoms with Crippen molar-refractivity contribution >= 4 is 10.2 Å². The summed E-state index contributed by atoms with van der Waals surface area (Å²) in [7, 11) is -1.79. The van der Waals surface area contributed by atoms with Crippen LogP contribution in [0.1, 0.15) is 6.92 Å². The summed E-state index contributed by atoms with van der Waals surface area (Å²) in [4.78, 5) is 0. The molecule has 0 bridgehead atoms. The highest BCUT2D eigenvalue weighted by molar-refractivity contribution is 7.87. The molecule has 1 atom stereocenters. The monoisotopic (exact) mass is 237 g/mol. The van der Waals surface area contributed by atoms with Gasteiger partial charge in [-0.15, -0.1) is 0 Å². The summed E-state index contributed by atoms with van der Waals surface area (Å²) in [5.41, 5.74) is 0. The SMILES string of the molecule is COCC(C)NS(=O)(=O)N1CCNCC1. The third kappa shape index (κ3) is 4.04. The van der Waals surface area contributed by atoms with Gasteiger partial charge >= 0.3 is 0 Å². The van der Waals surface area contributed by atoms with Gasteiger partial charge in [0.25, 0.3) is 10.2 Å². The van der Waals surface area contributed by atoms with Gasteiger partial charge in [0.2, 0.25) is 0 Å². The molecule has 0 amide bonds. The fraction of sp³-hybridized carbons (Fsp3) is 1.00. The maximum atomic E-state index is 11.8. The van der Waals surface area contributed by atoms with Crippen molar-refractivity contribution in [3.8, 4) is 0 Å². The number of rotatable bonds is 5. The summed E-state index contributed by atoms with van der Waals surface area (Å²) in [6.45, 7) is 4.62. The minimum absolute atomic E-state index is 0.199. The zero-order valence-corrected chi connectivity index (χ0v) is 10.0. The fourth-order valence-corrected chi connectivity index (χ4v) is 2.89. The molecular weight excluding hydrogens is 218 g/mol. The van der Waals surface area contributed by atoms with Crippen molar-refractivity contribution in [3.63, 3.8) is 0 Å². The van der Waals surface area contributed by atoms with Crippen LogP contribution in [0.15, 0.2) is 0 Å². The van der Waals surface area contributed by atoms with Crippen LogP contribution in [0.2, 0.25) is 0 Å². The van der Waals surface area contributed by atoms with Gasteiger partial charge in [0.05, 0.1) is 6.61 Å². The largest absolute Gasteiger partial charge is 0.383 e. The topological polar surface area (TPSA) is 70.7 Å². The second-order valence-corrected chi connectivity index (χ2v) is 5.33. The second kappa shape index (κ2) is 5.76. The van der Waals surface area contributed by atoms with Crippen molar-refractivity contribution < 1.29 is 13.2 Å². The highest BCUT2D eigenvalue weighted by Crippen LogP contribution is 2.01. The third-order valence-corrected chi connectivity index (χ3v) is 3.93. The Balaban J connectivity index is 2.49. The lowest BCUT2D eigenvalue weighted by Crippen LogP contribution is -2.52. The first kappa shape index (κ1) is 12.9. The van der Waals surface area contributed by atoms with Gasteiger partial charge < -0.3 is 10.1 Å². The fourth-order valence-electron chi connectivity index (χ4n) is 1.50. The second-order valence-electron chi connectivity index (χ2n) is 3.63. The van der Waals surface area contributed by atoms with Gasteiger partial charge in [-0.2, -0.15) is 17.4 Å². The van der Waals surface area contributed by atoms with Crippen LogP contribution in [0.5, 0.6) is 0 Å². The van der Waals surface area contributed by atoms with E-state index in [1.165, 1.54) is 4.31 Å². The Morgan fingerprint density at radius 2 is 2.07 bits per heavy atom. The van der Waals surface area contributed by atoms with E-state index >= 15 is 0 Å². The molecule has 0 aromatic rings. The molecule has 1 aliphatic heterocycles. The molecule has 1 aliphatic rings. The van der Waals surface area contributed by atoms with Crippen molar-refractivity contribution in [2.45, 2.75) is 13.0 Å². The number of methoxy groups -OCH3 is 1. The minimum Gasteiger partial charge on any atom is -0.383 e. The van der Waals surface area contributed by atoms with E-state index in [4.69, 9.17) is 4.74 Å². The van der Waals surface area contributed by atoms with Crippen LogP contribution >= 0.6 is 0 Å². The lowest BCUT2D eigenvalue weighted by molar-refractivity contribution is 0.179. The van der Waals surface area contributed by atoms with Crippen LogP contribution in [0.4, 0.5) is 0 Å². The van der Waals surface area contributed by atoms with Crippen LogP contribution in [-0.4, -0.2) is 58.7 Å². The Kier molecular flexibility index (Phi) is 4.94. The quantitative estimate of drug-likeness (QED) is 0.627. The molecule has 1 fully saturated rings. The predicted octanol–water partition coefficient (Wildman–Crippen LogP) is -1.24.